The van der Waals surface area contributed by atoms with Crippen molar-refractivity contribution in [1.82, 2.24) is 24.6 Å². The highest BCUT2D eigenvalue weighted by atomic mass is 16.2. The van der Waals surface area contributed by atoms with Crippen molar-refractivity contribution in [2.24, 2.45) is 5.73 Å². The van der Waals surface area contributed by atoms with Gasteiger partial charge in [0, 0.05) is 30.2 Å². The minimum absolute atomic E-state index is 0.608. The molecule has 4 aromatic rings. The Labute approximate surface area is 192 Å². The predicted molar refractivity (Wildman–Crippen MR) is 130 cm³/mol. The third kappa shape index (κ3) is 3.64. The van der Waals surface area contributed by atoms with Gasteiger partial charge in [0.1, 0.15) is 5.69 Å². The molecule has 1 amide bonds. The first-order valence-electron chi connectivity index (χ1n) is 11.9. The summed E-state index contributed by atoms with van der Waals surface area (Å²) in [6.45, 7) is 4.71. The van der Waals surface area contributed by atoms with Gasteiger partial charge in [-0.3, -0.25) is 0 Å². The molecule has 0 spiro atoms. The molecular formula is C25H29N7O. The summed E-state index contributed by atoms with van der Waals surface area (Å²) < 4.78 is 1.23. The van der Waals surface area contributed by atoms with E-state index < -0.39 is 6.03 Å². The maximum atomic E-state index is 11.9. The van der Waals surface area contributed by atoms with E-state index >= 15 is 0 Å². The van der Waals surface area contributed by atoms with Gasteiger partial charge in [0.15, 0.2) is 5.82 Å². The van der Waals surface area contributed by atoms with Crippen LogP contribution in [0.5, 0.6) is 0 Å². The van der Waals surface area contributed by atoms with Crippen LogP contribution in [0.2, 0.25) is 0 Å². The molecule has 0 unspecified atom stereocenters. The number of hydrogen-bond donors (Lipinski definition) is 2. The van der Waals surface area contributed by atoms with Crippen molar-refractivity contribution in [3.63, 3.8) is 0 Å². The van der Waals surface area contributed by atoms with Gasteiger partial charge in [-0.2, -0.15) is 9.78 Å². The van der Waals surface area contributed by atoms with Crippen molar-refractivity contribution >= 4 is 33.7 Å². The molecule has 2 aliphatic rings. The summed E-state index contributed by atoms with van der Waals surface area (Å²) in [5, 5.41) is 5.30. The molecule has 8 nitrogen and oxygen atoms in total. The number of carbonyl (C=O) groups excluding carboxylic acids is 1. The van der Waals surface area contributed by atoms with Crippen LogP contribution in [-0.2, 0) is 0 Å². The third-order valence-electron chi connectivity index (χ3n) is 7.22. The number of carbonyl (C=O) groups is 1. The van der Waals surface area contributed by atoms with E-state index in [0.717, 1.165) is 35.6 Å². The summed E-state index contributed by atoms with van der Waals surface area (Å²) in [7, 11) is 0. The number of para-hydroxylation sites is 1. The highest BCUT2D eigenvalue weighted by molar-refractivity contribution is 5.98. The van der Waals surface area contributed by atoms with Crippen LogP contribution in [0.15, 0.2) is 42.5 Å². The maximum absolute atomic E-state index is 11.9. The van der Waals surface area contributed by atoms with Crippen molar-refractivity contribution in [2.45, 2.75) is 38.1 Å². The number of aromatic amines is 1. The van der Waals surface area contributed by atoms with E-state index in [-0.39, 0.29) is 0 Å². The molecule has 8 heteroatoms. The number of imidazole rings is 1. The normalized spacial score (nSPS) is 18.4. The van der Waals surface area contributed by atoms with Crippen LogP contribution in [0, 0.1) is 0 Å². The van der Waals surface area contributed by atoms with E-state index in [2.05, 4.69) is 38.1 Å². The van der Waals surface area contributed by atoms with Gasteiger partial charge in [-0.1, -0.05) is 24.6 Å². The number of amides is 1. The minimum Gasteiger partial charge on any atom is -0.371 e. The second-order valence-corrected chi connectivity index (χ2v) is 9.22. The number of aromatic nitrogens is 4. The van der Waals surface area contributed by atoms with Crippen LogP contribution in [-0.4, -0.2) is 62.9 Å². The smallest absolute Gasteiger partial charge is 0.340 e. The molecule has 0 saturated carbocycles. The van der Waals surface area contributed by atoms with Crippen molar-refractivity contribution in [1.29, 1.82) is 0 Å². The largest absolute Gasteiger partial charge is 0.371 e. The highest BCUT2D eigenvalue weighted by Crippen LogP contribution is 2.30. The molecule has 0 atom stereocenters. The zero-order chi connectivity index (χ0) is 22.4. The van der Waals surface area contributed by atoms with E-state index in [0.29, 0.717) is 17.0 Å². The Hall–Kier alpha value is -3.39. The van der Waals surface area contributed by atoms with Crippen LogP contribution < -0.4 is 10.6 Å². The Bertz CT molecular complexity index is 1310. The lowest BCUT2D eigenvalue weighted by molar-refractivity contribution is 0.141. The van der Waals surface area contributed by atoms with Crippen molar-refractivity contribution in [2.75, 3.05) is 31.1 Å². The number of primary amides is 1. The number of rotatable bonds is 3. The fourth-order valence-corrected chi connectivity index (χ4v) is 5.49. The molecule has 2 saturated heterocycles. The van der Waals surface area contributed by atoms with Gasteiger partial charge in [0.2, 0.25) is 0 Å². The third-order valence-corrected chi connectivity index (χ3v) is 7.22. The predicted octanol–water partition coefficient (Wildman–Crippen LogP) is 3.96. The van der Waals surface area contributed by atoms with Crippen LogP contribution >= 0.6 is 0 Å². The summed E-state index contributed by atoms with van der Waals surface area (Å²) in [6, 6.07) is 14.1. The van der Waals surface area contributed by atoms with Gasteiger partial charge >= 0.3 is 6.03 Å². The molecule has 170 valence electrons. The molecule has 2 fully saturated rings. The number of nitrogens with one attached hydrogen (secondary N) is 1. The molecular weight excluding hydrogens is 414 g/mol. The van der Waals surface area contributed by atoms with E-state index in [1.54, 1.807) is 0 Å². The van der Waals surface area contributed by atoms with Crippen molar-refractivity contribution < 1.29 is 4.79 Å². The van der Waals surface area contributed by atoms with E-state index in [1.165, 1.54) is 55.6 Å². The second-order valence-electron chi connectivity index (χ2n) is 9.22. The summed E-state index contributed by atoms with van der Waals surface area (Å²) in [6.07, 6.45) is 6.55. The summed E-state index contributed by atoms with van der Waals surface area (Å²) in [5.41, 5.74) is 9.92. The number of likely N-dealkylation sites (tertiary alicyclic amines) is 1. The number of anilines is 1. The van der Waals surface area contributed by atoms with Gasteiger partial charge in [0.25, 0.3) is 0 Å². The van der Waals surface area contributed by atoms with Crippen LogP contribution in [0.1, 0.15) is 32.1 Å². The first kappa shape index (κ1) is 20.2. The standard InChI is InChI=1S/C25H29N7O/c26-25(33)32-22-7-3-2-6-19(22)23(29-32)24-27-20-9-8-18(16-21(20)28-24)31-14-10-17(11-15-31)30-12-4-1-5-13-30/h2-3,6-9,16-17H,1,4-5,10-15H2,(H2,26,33)(H,27,28). The average Bonchev–Trinajstić information content (AvgIpc) is 3.46. The lowest BCUT2D eigenvalue weighted by atomic mass is 9.99. The number of nitrogens with zero attached hydrogens (tertiary/aromatic N) is 5. The quantitative estimate of drug-likeness (QED) is 0.500. The topological polar surface area (TPSA) is 96.1 Å². The molecule has 6 rings (SSSR count). The van der Waals surface area contributed by atoms with Gasteiger partial charge in [-0.05, 0) is 63.0 Å². The number of fused-ring (bicyclic) bond motifs is 2. The lowest BCUT2D eigenvalue weighted by Gasteiger charge is -2.41. The van der Waals surface area contributed by atoms with Gasteiger partial charge < -0.3 is 20.5 Å². The fourth-order valence-electron chi connectivity index (χ4n) is 5.49. The Morgan fingerprint density at radius 3 is 2.58 bits per heavy atom. The Morgan fingerprint density at radius 2 is 1.79 bits per heavy atom. The summed E-state index contributed by atoms with van der Waals surface area (Å²) in [4.78, 5) is 25.2. The minimum atomic E-state index is -0.608. The number of piperidine rings is 2. The van der Waals surface area contributed by atoms with E-state index in [4.69, 9.17) is 10.7 Å². The Balaban J connectivity index is 1.26. The molecule has 3 N–H and O–H groups in total. The highest BCUT2D eigenvalue weighted by Gasteiger charge is 2.26. The zero-order valence-corrected chi connectivity index (χ0v) is 18.7. The van der Waals surface area contributed by atoms with E-state index in [1.807, 2.05) is 24.3 Å². The molecule has 33 heavy (non-hydrogen) atoms. The average molecular weight is 444 g/mol. The first-order valence-corrected chi connectivity index (χ1v) is 11.9. The summed E-state index contributed by atoms with van der Waals surface area (Å²) >= 11 is 0. The second kappa shape index (κ2) is 8.19. The lowest BCUT2D eigenvalue weighted by Crippen LogP contribution is -2.46. The van der Waals surface area contributed by atoms with Crippen molar-refractivity contribution in [3.05, 3.63) is 42.5 Å². The van der Waals surface area contributed by atoms with Crippen LogP contribution in [0.4, 0.5) is 10.5 Å². The molecule has 2 aromatic heterocycles. The fraction of sp³-hybridized carbons (Fsp3) is 0.400. The van der Waals surface area contributed by atoms with Gasteiger partial charge in [-0.25, -0.2) is 9.78 Å². The van der Waals surface area contributed by atoms with E-state index in [9.17, 15) is 4.79 Å². The maximum Gasteiger partial charge on any atom is 0.340 e. The summed E-state index contributed by atoms with van der Waals surface area (Å²) in [5.74, 6) is 0.641. The zero-order valence-electron chi connectivity index (χ0n) is 18.7. The molecule has 2 aromatic carbocycles. The number of H-pyrrole nitrogens is 1. The molecule has 4 heterocycles. The number of nitrogens with two attached hydrogens (primary N) is 1. The molecule has 0 bridgehead atoms. The van der Waals surface area contributed by atoms with Gasteiger partial charge in [-0.15, -0.1) is 0 Å². The first-order chi connectivity index (χ1) is 16.2. The van der Waals surface area contributed by atoms with Crippen molar-refractivity contribution in [3.8, 4) is 11.5 Å². The Morgan fingerprint density at radius 1 is 1.00 bits per heavy atom. The SMILES string of the molecule is NC(=O)n1nc(-c2nc3ccc(N4CCC(N5CCCCC5)CC4)cc3[nH]2)c2ccccc21. The number of benzene rings is 2. The van der Waals surface area contributed by atoms with Crippen LogP contribution in [0.25, 0.3) is 33.5 Å². The van der Waals surface area contributed by atoms with Crippen LogP contribution in [0.3, 0.4) is 0 Å². The molecule has 0 aliphatic carbocycles. The Kier molecular flexibility index (Phi) is 5.02. The van der Waals surface area contributed by atoms with Gasteiger partial charge in [0.05, 0.1) is 16.6 Å². The monoisotopic (exact) mass is 443 g/mol. The number of hydrogen-bond acceptors (Lipinski definition) is 5. The molecule has 2 aliphatic heterocycles. The molecule has 0 radical (unpaired) electrons.